The highest BCUT2D eigenvalue weighted by atomic mass is 16.5. The molecule has 0 radical (unpaired) electrons. The van der Waals surface area contributed by atoms with E-state index in [4.69, 9.17) is 4.74 Å². The van der Waals surface area contributed by atoms with E-state index in [1.165, 1.54) is 5.56 Å². The number of carbonyl (C=O) groups excluding carboxylic acids is 1. The molecular formula is C17H19NO2. The lowest BCUT2D eigenvalue weighted by atomic mass is 10.1. The molecule has 0 heterocycles. The Hall–Kier alpha value is -2.29. The summed E-state index contributed by atoms with van der Waals surface area (Å²) in [6.07, 6.45) is 0.979. The summed E-state index contributed by atoms with van der Waals surface area (Å²) in [5, 5.41) is 2.84. The summed E-state index contributed by atoms with van der Waals surface area (Å²) in [5.74, 6) is 0.748. The Bertz CT molecular complexity index is 535. The molecule has 2 aromatic rings. The summed E-state index contributed by atoms with van der Waals surface area (Å²) in [6.45, 7) is 3.04. The number of amides is 1. The molecule has 104 valence electrons. The van der Waals surface area contributed by atoms with Gasteiger partial charge in [0.25, 0.3) is 5.91 Å². The summed E-state index contributed by atoms with van der Waals surface area (Å²) in [6, 6.07) is 17.2. The van der Waals surface area contributed by atoms with Gasteiger partial charge in [-0.3, -0.25) is 4.79 Å². The van der Waals surface area contributed by atoms with Crippen LogP contribution in [0.25, 0.3) is 0 Å². The van der Waals surface area contributed by atoms with Crippen molar-refractivity contribution in [2.45, 2.75) is 13.3 Å². The second-order valence-electron chi connectivity index (χ2n) is 4.47. The van der Waals surface area contributed by atoms with Gasteiger partial charge < -0.3 is 10.1 Å². The predicted octanol–water partition coefficient (Wildman–Crippen LogP) is 3.06. The molecule has 0 saturated carbocycles. The van der Waals surface area contributed by atoms with E-state index >= 15 is 0 Å². The summed E-state index contributed by atoms with van der Waals surface area (Å²) < 4.78 is 5.51. The molecule has 0 saturated heterocycles. The third kappa shape index (κ3) is 4.12. The number of benzene rings is 2. The zero-order valence-electron chi connectivity index (χ0n) is 11.6. The van der Waals surface area contributed by atoms with Gasteiger partial charge in [-0.05, 0) is 36.2 Å². The predicted molar refractivity (Wildman–Crippen MR) is 80.1 cm³/mol. The van der Waals surface area contributed by atoms with Crippen LogP contribution in [-0.4, -0.2) is 19.1 Å². The van der Waals surface area contributed by atoms with E-state index in [2.05, 4.69) is 12.2 Å². The molecule has 1 amide bonds. The smallest absolute Gasteiger partial charge is 0.251 e. The van der Waals surface area contributed by atoms with Crippen LogP contribution in [0.5, 0.6) is 5.75 Å². The van der Waals surface area contributed by atoms with Crippen LogP contribution >= 0.6 is 0 Å². The first kappa shape index (κ1) is 14.1. The van der Waals surface area contributed by atoms with Crippen LogP contribution in [0.3, 0.4) is 0 Å². The van der Waals surface area contributed by atoms with Crippen LogP contribution in [0, 0.1) is 0 Å². The van der Waals surface area contributed by atoms with E-state index in [-0.39, 0.29) is 5.91 Å². The van der Waals surface area contributed by atoms with E-state index in [1.54, 1.807) is 0 Å². The Balaban J connectivity index is 1.74. The molecule has 0 aliphatic heterocycles. The second kappa shape index (κ2) is 7.34. The van der Waals surface area contributed by atoms with Gasteiger partial charge in [-0.2, -0.15) is 0 Å². The van der Waals surface area contributed by atoms with Gasteiger partial charge in [0.05, 0.1) is 6.54 Å². The monoisotopic (exact) mass is 269 g/mol. The van der Waals surface area contributed by atoms with Gasteiger partial charge in [0, 0.05) is 5.56 Å². The highest BCUT2D eigenvalue weighted by Crippen LogP contribution is 2.07. The molecule has 3 nitrogen and oxygen atoms in total. The fourth-order valence-corrected chi connectivity index (χ4v) is 1.84. The zero-order chi connectivity index (χ0) is 14.2. The number of carbonyl (C=O) groups is 1. The summed E-state index contributed by atoms with van der Waals surface area (Å²) in [4.78, 5) is 11.9. The van der Waals surface area contributed by atoms with Gasteiger partial charge >= 0.3 is 0 Å². The molecule has 0 bridgehead atoms. The lowest BCUT2D eigenvalue weighted by Gasteiger charge is -2.08. The average Bonchev–Trinajstić information content (AvgIpc) is 2.52. The standard InChI is InChI=1S/C17H19NO2/c1-2-14-8-10-15(11-9-14)17(19)18-12-13-20-16-6-4-3-5-7-16/h3-11H,2,12-13H2,1H3,(H,18,19). The van der Waals surface area contributed by atoms with Crippen molar-refractivity contribution in [3.05, 3.63) is 65.7 Å². The minimum absolute atomic E-state index is 0.0654. The maximum atomic E-state index is 11.9. The van der Waals surface area contributed by atoms with Gasteiger partial charge in [0.15, 0.2) is 0 Å². The molecule has 2 rings (SSSR count). The molecule has 0 fully saturated rings. The Morgan fingerprint density at radius 2 is 1.75 bits per heavy atom. The first-order valence-electron chi connectivity index (χ1n) is 6.84. The third-order valence-corrected chi connectivity index (χ3v) is 3.02. The van der Waals surface area contributed by atoms with Crippen molar-refractivity contribution in [2.75, 3.05) is 13.2 Å². The maximum absolute atomic E-state index is 11.9. The number of nitrogens with one attached hydrogen (secondary N) is 1. The van der Waals surface area contributed by atoms with Crippen molar-refractivity contribution in [1.82, 2.24) is 5.32 Å². The molecule has 3 heteroatoms. The van der Waals surface area contributed by atoms with Crippen molar-refractivity contribution >= 4 is 5.91 Å². The normalized spacial score (nSPS) is 10.1. The molecule has 1 N–H and O–H groups in total. The lowest BCUT2D eigenvalue weighted by Crippen LogP contribution is -2.28. The van der Waals surface area contributed by atoms with E-state index in [9.17, 15) is 4.79 Å². The Labute approximate surface area is 119 Å². The number of aryl methyl sites for hydroxylation is 1. The summed E-state index contributed by atoms with van der Waals surface area (Å²) >= 11 is 0. The van der Waals surface area contributed by atoms with Gasteiger partial charge in [0.1, 0.15) is 12.4 Å². The average molecular weight is 269 g/mol. The summed E-state index contributed by atoms with van der Waals surface area (Å²) in [7, 11) is 0. The Kier molecular flexibility index (Phi) is 5.18. The number of hydrogen-bond donors (Lipinski definition) is 1. The SMILES string of the molecule is CCc1ccc(C(=O)NCCOc2ccccc2)cc1. The molecule has 0 aromatic heterocycles. The summed E-state index contributed by atoms with van der Waals surface area (Å²) in [5.41, 5.74) is 1.91. The van der Waals surface area contributed by atoms with Gasteiger partial charge in [-0.15, -0.1) is 0 Å². The minimum atomic E-state index is -0.0654. The first-order chi connectivity index (χ1) is 9.79. The number of hydrogen-bond acceptors (Lipinski definition) is 2. The van der Waals surface area contributed by atoms with Gasteiger partial charge in [0.2, 0.25) is 0 Å². The van der Waals surface area contributed by atoms with Crippen molar-refractivity contribution in [2.24, 2.45) is 0 Å². The molecule has 0 aliphatic carbocycles. The molecule has 0 aliphatic rings. The van der Waals surface area contributed by atoms with Crippen molar-refractivity contribution in [3.8, 4) is 5.75 Å². The number of para-hydroxylation sites is 1. The fourth-order valence-electron chi connectivity index (χ4n) is 1.84. The van der Waals surface area contributed by atoms with E-state index in [0.717, 1.165) is 12.2 Å². The Morgan fingerprint density at radius 3 is 2.40 bits per heavy atom. The molecule has 0 spiro atoms. The van der Waals surface area contributed by atoms with Crippen molar-refractivity contribution in [3.63, 3.8) is 0 Å². The number of ether oxygens (including phenoxy) is 1. The molecule has 0 unspecified atom stereocenters. The molecule has 0 atom stereocenters. The second-order valence-corrected chi connectivity index (χ2v) is 4.47. The zero-order valence-corrected chi connectivity index (χ0v) is 11.6. The maximum Gasteiger partial charge on any atom is 0.251 e. The van der Waals surface area contributed by atoms with Crippen LogP contribution in [0.4, 0.5) is 0 Å². The molecular weight excluding hydrogens is 250 g/mol. The van der Waals surface area contributed by atoms with E-state index in [0.29, 0.717) is 18.7 Å². The lowest BCUT2D eigenvalue weighted by molar-refractivity contribution is 0.0947. The topological polar surface area (TPSA) is 38.3 Å². The third-order valence-electron chi connectivity index (χ3n) is 3.02. The largest absolute Gasteiger partial charge is 0.492 e. The van der Waals surface area contributed by atoms with Crippen LogP contribution in [0.15, 0.2) is 54.6 Å². The minimum Gasteiger partial charge on any atom is -0.492 e. The fraction of sp³-hybridized carbons (Fsp3) is 0.235. The highest BCUT2D eigenvalue weighted by Gasteiger charge is 2.04. The van der Waals surface area contributed by atoms with Crippen LogP contribution < -0.4 is 10.1 Å². The van der Waals surface area contributed by atoms with Gasteiger partial charge in [-0.25, -0.2) is 0 Å². The van der Waals surface area contributed by atoms with E-state index in [1.807, 2.05) is 54.6 Å². The molecule has 2 aromatic carbocycles. The molecule has 20 heavy (non-hydrogen) atoms. The first-order valence-corrected chi connectivity index (χ1v) is 6.84. The van der Waals surface area contributed by atoms with Crippen LogP contribution in [0.1, 0.15) is 22.8 Å². The Morgan fingerprint density at radius 1 is 1.05 bits per heavy atom. The number of rotatable bonds is 6. The van der Waals surface area contributed by atoms with Gasteiger partial charge in [-0.1, -0.05) is 37.3 Å². The van der Waals surface area contributed by atoms with Crippen LogP contribution in [0.2, 0.25) is 0 Å². The highest BCUT2D eigenvalue weighted by molar-refractivity contribution is 5.94. The van der Waals surface area contributed by atoms with Crippen molar-refractivity contribution < 1.29 is 9.53 Å². The van der Waals surface area contributed by atoms with Crippen LogP contribution in [-0.2, 0) is 6.42 Å². The quantitative estimate of drug-likeness (QED) is 0.818. The van der Waals surface area contributed by atoms with Crippen molar-refractivity contribution in [1.29, 1.82) is 0 Å². The van der Waals surface area contributed by atoms with E-state index < -0.39 is 0 Å².